The van der Waals surface area contributed by atoms with E-state index in [9.17, 15) is 4.79 Å². The minimum atomic E-state index is 0. The van der Waals surface area contributed by atoms with E-state index in [0.717, 1.165) is 13.1 Å². The molecule has 2 rings (SSSR count). The number of nitrogens with one attached hydrogen (secondary N) is 2. The lowest BCUT2D eigenvalue weighted by molar-refractivity contribution is -0.127. The van der Waals surface area contributed by atoms with Gasteiger partial charge in [0.05, 0.1) is 5.92 Å². The molecule has 0 spiro atoms. The number of rotatable bonds is 2. The summed E-state index contributed by atoms with van der Waals surface area (Å²) < 4.78 is 0. The van der Waals surface area contributed by atoms with Gasteiger partial charge in [-0.3, -0.25) is 4.79 Å². The van der Waals surface area contributed by atoms with Crippen LogP contribution < -0.4 is 10.6 Å². The minimum absolute atomic E-state index is 0. The van der Waals surface area contributed by atoms with Crippen molar-refractivity contribution in [1.82, 2.24) is 10.6 Å². The van der Waals surface area contributed by atoms with Gasteiger partial charge in [-0.15, -0.1) is 12.4 Å². The molecule has 0 radical (unpaired) electrons. The standard InChI is InChI=1S/C12H22N2O.ClH/c15-12(10-8-13-9-10)14-11-6-4-2-1-3-5-7-11;/h10-11,13H,1-9H2,(H,14,15);1H. The van der Waals surface area contributed by atoms with Gasteiger partial charge in [-0.1, -0.05) is 32.1 Å². The highest BCUT2D eigenvalue weighted by Crippen LogP contribution is 2.17. The second kappa shape index (κ2) is 7.13. The Balaban J connectivity index is 0.00000128. The van der Waals surface area contributed by atoms with Crippen LogP contribution in [0.3, 0.4) is 0 Å². The fourth-order valence-corrected chi connectivity index (χ4v) is 2.39. The van der Waals surface area contributed by atoms with Crippen LogP contribution in [-0.4, -0.2) is 25.0 Å². The second-order valence-electron chi connectivity index (χ2n) is 4.91. The van der Waals surface area contributed by atoms with E-state index in [-0.39, 0.29) is 24.2 Å². The molecular weight excluding hydrogens is 224 g/mol. The van der Waals surface area contributed by atoms with Crippen molar-refractivity contribution in [2.75, 3.05) is 13.1 Å². The first kappa shape index (κ1) is 13.8. The quantitative estimate of drug-likeness (QED) is 0.781. The molecule has 0 aromatic heterocycles. The molecule has 94 valence electrons. The number of carbonyl (C=O) groups is 1. The molecular formula is C12H23ClN2O. The van der Waals surface area contributed by atoms with Gasteiger partial charge in [-0.2, -0.15) is 0 Å². The zero-order chi connectivity index (χ0) is 10.5. The van der Waals surface area contributed by atoms with Gasteiger partial charge in [0.2, 0.25) is 5.91 Å². The first-order valence-corrected chi connectivity index (χ1v) is 6.37. The lowest BCUT2D eigenvalue weighted by Gasteiger charge is -2.29. The van der Waals surface area contributed by atoms with Crippen LogP contribution in [0.2, 0.25) is 0 Å². The van der Waals surface area contributed by atoms with Crippen molar-refractivity contribution in [3.63, 3.8) is 0 Å². The van der Waals surface area contributed by atoms with Gasteiger partial charge < -0.3 is 10.6 Å². The summed E-state index contributed by atoms with van der Waals surface area (Å²) in [4.78, 5) is 11.7. The number of carbonyl (C=O) groups excluding carboxylic acids is 1. The third-order valence-electron chi connectivity index (χ3n) is 3.60. The van der Waals surface area contributed by atoms with Gasteiger partial charge in [0.15, 0.2) is 0 Å². The summed E-state index contributed by atoms with van der Waals surface area (Å²) >= 11 is 0. The molecule has 1 saturated heterocycles. The van der Waals surface area contributed by atoms with E-state index in [1.807, 2.05) is 0 Å². The fourth-order valence-electron chi connectivity index (χ4n) is 2.39. The molecule has 2 aliphatic rings. The largest absolute Gasteiger partial charge is 0.353 e. The molecule has 0 aromatic carbocycles. The van der Waals surface area contributed by atoms with Crippen molar-refractivity contribution < 1.29 is 4.79 Å². The maximum atomic E-state index is 11.7. The molecule has 3 nitrogen and oxygen atoms in total. The number of halogens is 1. The Morgan fingerprint density at radius 2 is 1.56 bits per heavy atom. The van der Waals surface area contributed by atoms with Crippen molar-refractivity contribution in [2.45, 2.75) is 51.0 Å². The molecule has 2 fully saturated rings. The number of amides is 1. The molecule has 0 bridgehead atoms. The summed E-state index contributed by atoms with van der Waals surface area (Å²) in [6.07, 6.45) is 9.02. The lowest BCUT2D eigenvalue weighted by Crippen LogP contribution is -2.52. The fraction of sp³-hybridized carbons (Fsp3) is 0.917. The Bertz CT molecular complexity index is 211. The van der Waals surface area contributed by atoms with Gasteiger partial charge in [0.25, 0.3) is 0 Å². The summed E-state index contributed by atoms with van der Waals surface area (Å²) in [5.74, 6) is 0.523. The highest BCUT2D eigenvalue weighted by atomic mass is 35.5. The van der Waals surface area contributed by atoms with Gasteiger partial charge in [-0.05, 0) is 12.8 Å². The van der Waals surface area contributed by atoms with Crippen molar-refractivity contribution in [3.05, 3.63) is 0 Å². The van der Waals surface area contributed by atoms with Crippen LogP contribution in [0.1, 0.15) is 44.9 Å². The van der Waals surface area contributed by atoms with Crippen LogP contribution in [0.25, 0.3) is 0 Å². The Labute approximate surface area is 104 Å². The lowest BCUT2D eigenvalue weighted by atomic mass is 9.95. The van der Waals surface area contributed by atoms with E-state index in [4.69, 9.17) is 0 Å². The van der Waals surface area contributed by atoms with Crippen LogP contribution in [0, 0.1) is 5.92 Å². The third kappa shape index (κ3) is 3.95. The van der Waals surface area contributed by atoms with Crippen molar-refractivity contribution in [1.29, 1.82) is 0 Å². The first-order chi connectivity index (χ1) is 7.36. The molecule has 4 heteroatoms. The smallest absolute Gasteiger partial charge is 0.225 e. The molecule has 0 unspecified atom stereocenters. The van der Waals surface area contributed by atoms with Crippen LogP contribution in [0.5, 0.6) is 0 Å². The number of hydrogen-bond donors (Lipinski definition) is 2. The minimum Gasteiger partial charge on any atom is -0.353 e. The van der Waals surface area contributed by atoms with E-state index in [2.05, 4.69) is 10.6 Å². The molecule has 1 saturated carbocycles. The predicted octanol–water partition coefficient (Wildman–Crippen LogP) is 1.86. The average molecular weight is 247 g/mol. The number of hydrogen-bond acceptors (Lipinski definition) is 2. The average Bonchev–Trinajstić information content (AvgIpc) is 2.06. The van der Waals surface area contributed by atoms with Gasteiger partial charge in [0.1, 0.15) is 0 Å². The van der Waals surface area contributed by atoms with E-state index in [1.54, 1.807) is 0 Å². The van der Waals surface area contributed by atoms with Crippen molar-refractivity contribution >= 4 is 18.3 Å². The third-order valence-corrected chi connectivity index (χ3v) is 3.60. The summed E-state index contributed by atoms with van der Waals surface area (Å²) in [6, 6.07) is 0.457. The monoisotopic (exact) mass is 246 g/mol. The van der Waals surface area contributed by atoms with Gasteiger partial charge in [-0.25, -0.2) is 0 Å². The van der Waals surface area contributed by atoms with Crippen LogP contribution in [0.15, 0.2) is 0 Å². The predicted molar refractivity (Wildman–Crippen MR) is 67.9 cm³/mol. The van der Waals surface area contributed by atoms with E-state index < -0.39 is 0 Å². The summed E-state index contributed by atoms with van der Waals surface area (Å²) in [5.41, 5.74) is 0. The molecule has 1 heterocycles. The summed E-state index contributed by atoms with van der Waals surface area (Å²) in [7, 11) is 0. The van der Waals surface area contributed by atoms with Crippen LogP contribution in [-0.2, 0) is 4.79 Å². The Morgan fingerprint density at radius 1 is 1.00 bits per heavy atom. The maximum absolute atomic E-state index is 11.7. The Morgan fingerprint density at radius 3 is 2.06 bits per heavy atom. The SMILES string of the molecule is Cl.O=C(NC1CCCCCCC1)C1CNC1. The van der Waals surface area contributed by atoms with Crippen LogP contribution in [0.4, 0.5) is 0 Å². The topological polar surface area (TPSA) is 41.1 Å². The summed E-state index contributed by atoms with van der Waals surface area (Å²) in [6.45, 7) is 1.75. The molecule has 16 heavy (non-hydrogen) atoms. The molecule has 1 aliphatic heterocycles. The normalized spacial score (nSPS) is 23.5. The highest BCUT2D eigenvalue weighted by molar-refractivity contribution is 5.85. The van der Waals surface area contributed by atoms with E-state index >= 15 is 0 Å². The van der Waals surface area contributed by atoms with Crippen molar-refractivity contribution in [2.24, 2.45) is 5.92 Å². The highest BCUT2D eigenvalue weighted by Gasteiger charge is 2.26. The van der Waals surface area contributed by atoms with Crippen LogP contribution >= 0.6 is 12.4 Å². The van der Waals surface area contributed by atoms with E-state index in [1.165, 1.54) is 44.9 Å². The molecule has 1 aliphatic carbocycles. The maximum Gasteiger partial charge on any atom is 0.225 e. The molecule has 1 amide bonds. The first-order valence-electron chi connectivity index (χ1n) is 6.37. The molecule has 0 aromatic rings. The zero-order valence-electron chi connectivity index (χ0n) is 9.84. The van der Waals surface area contributed by atoms with Crippen molar-refractivity contribution in [3.8, 4) is 0 Å². The Hall–Kier alpha value is -0.280. The van der Waals surface area contributed by atoms with Gasteiger partial charge >= 0.3 is 0 Å². The molecule has 2 N–H and O–H groups in total. The van der Waals surface area contributed by atoms with E-state index in [0.29, 0.717) is 6.04 Å². The zero-order valence-corrected chi connectivity index (χ0v) is 10.7. The van der Waals surface area contributed by atoms with Gasteiger partial charge in [0, 0.05) is 19.1 Å². The summed E-state index contributed by atoms with van der Waals surface area (Å²) in [5, 5.41) is 6.35. The second-order valence-corrected chi connectivity index (χ2v) is 4.91. The Kier molecular flexibility index (Phi) is 6.14. The molecule has 0 atom stereocenters.